The van der Waals surface area contributed by atoms with Crippen LogP contribution in [0.25, 0.3) is 0 Å². The van der Waals surface area contributed by atoms with Gasteiger partial charge in [0.2, 0.25) is 0 Å². The fourth-order valence-corrected chi connectivity index (χ4v) is 5.94. The van der Waals surface area contributed by atoms with Gasteiger partial charge in [0.1, 0.15) is 0 Å². The molecule has 0 aliphatic carbocycles. The molecule has 0 unspecified atom stereocenters. The van der Waals surface area contributed by atoms with Crippen molar-refractivity contribution in [1.29, 1.82) is 0 Å². The summed E-state index contributed by atoms with van der Waals surface area (Å²) in [5.74, 6) is 1.55. The van der Waals surface area contributed by atoms with Crippen molar-refractivity contribution in [1.82, 2.24) is 0 Å². The Morgan fingerprint density at radius 2 is 1.82 bits per heavy atom. The van der Waals surface area contributed by atoms with Gasteiger partial charge in [-0.25, -0.2) is 4.79 Å². The lowest BCUT2D eigenvalue weighted by Crippen LogP contribution is -2.22. The van der Waals surface area contributed by atoms with Crippen molar-refractivity contribution in [3.8, 4) is 0 Å². The highest BCUT2D eigenvalue weighted by Crippen LogP contribution is 2.43. The first-order valence-corrected chi connectivity index (χ1v) is 11.6. The summed E-state index contributed by atoms with van der Waals surface area (Å²) >= 11 is 3.89. The highest BCUT2D eigenvalue weighted by molar-refractivity contribution is 8.16. The Balaban J connectivity index is 1.54. The largest absolute Gasteiger partial charge is 0.452 e. The molecule has 28 heavy (non-hydrogen) atoms. The Morgan fingerprint density at radius 1 is 1.11 bits per heavy atom. The highest BCUT2D eigenvalue weighted by atomic mass is 32.2. The van der Waals surface area contributed by atoms with E-state index in [-0.39, 0.29) is 12.5 Å². The standard InChI is InChI=1S/C22H25NO3S2/c1-3-16-7-4-6-15(2)20(16)23-19(24)14-26-21(25)17-8-10-18(11-9-17)22-27-12-5-13-28-22/h4,6-11,22H,3,5,12-14H2,1-2H3,(H,23,24). The molecule has 1 N–H and O–H groups in total. The van der Waals surface area contributed by atoms with Gasteiger partial charge in [0, 0.05) is 5.69 Å². The van der Waals surface area contributed by atoms with Crippen LogP contribution in [-0.4, -0.2) is 30.0 Å². The van der Waals surface area contributed by atoms with E-state index in [4.69, 9.17) is 4.74 Å². The van der Waals surface area contributed by atoms with Gasteiger partial charge in [0.05, 0.1) is 10.1 Å². The summed E-state index contributed by atoms with van der Waals surface area (Å²) < 4.78 is 5.64. The minimum Gasteiger partial charge on any atom is -0.452 e. The fourth-order valence-electron chi connectivity index (χ4n) is 3.05. The second-order valence-corrected chi connectivity index (χ2v) is 9.36. The number of thioether (sulfide) groups is 2. The molecule has 0 spiro atoms. The summed E-state index contributed by atoms with van der Waals surface area (Å²) in [6.45, 7) is 3.69. The van der Waals surface area contributed by atoms with Crippen LogP contribution in [0.2, 0.25) is 0 Å². The van der Waals surface area contributed by atoms with E-state index in [0.29, 0.717) is 10.1 Å². The number of anilines is 1. The first kappa shape index (κ1) is 20.8. The van der Waals surface area contributed by atoms with Gasteiger partial charge >= 0.3 is 5.97 Å². The lowest BCUT2D eigenvalue weighted by atomic mass is 10.1. The monoisotopic (exact) mass is 415 g/mol. The molecule has 0 saturated carbocycles. The first-order valence-electron chi connectivity index (χ1n) is 9.47. The number of hydrogen-bond acceptors (Lipinski definition) is 5. The molecule has 0 radical (unpaired) electrons. The van der Waals surface area contributed by atoms with Crippen LogP contribution in [-0.2, 0) is 16.0 Å². The number of benzene rings is 2. The van der Waals surface area contributed by atoms with E-state index in [1.165, 1.54) is 23.5 Å². The maximum absolute atomic E-state index is 12.3. The van der Waals surface area contributed by atoms with Crippen molar-refractivity contribution in [2.24, 2.45) is 0 Å². The average molecular weight is 416 g/mol. The molecule has 1 fully saturated rings. The summed E-state index contributed by atoms with van der Waals surface area (Å²) in [7, 11) is 0. The number of carbonyl (C=O) groups excluding carboxylic acids is 2. The van der Waals surface area contributed by atoms with E-state index in [0.717, 1.165) is 23.2 Å². The molecule has 0 aromatic heterocycles. The Kier molecular flexibility index (Phi) is 7.45. The molecule has 1 aliphatic rings. The highest BCUT2D eigenvalue weighted by Gasteiger charge is 2.18. The average Bonchev–Trinajstić information content (AvgIpc) is 2.74. The number of nitrogens with one attached hydrogen (secondary N) is 1. The summed E-state index contributed by atoms with van der Waals surface area (Å²) in [6.07, 6.45) is 2.07. The Labute approximate surface area is 174 Å². The normalized spacial score (nSPS) is 14.5. The lowest BCUT2D eigenvalue weighted by Gasteiger charge is -2.21. The van der Waals surface area contributed by atoms with Crippen molar-refractivity contribution in [3.05, 3.63) is 64.7 Å². The lowest BCUT2D eigenvalue weighted by molar-refractivity contribution is -0.119. The summed E-state index contributed by atoms with van der Waals surface area (Å²) in [6, 6.07) is 13.4. The molecule has 1 heterocycles. The van der Waals surface area contributed by atoms with Crippen LogP contribution in [0.1, 0.15) is 45.0 Å². The van der Waals surface area contributed by atoms with E-state index in [1.54, 1.807) is 12.1 Å². The van der Waals surface area contributed by atoms with E-state index >= 15 is 0 Å². The van der Waals surface area contributed by atoms with E-state index < -0.39 is 5.97 Å². The maximum Gasteiger partial charge on any atom is 0.338 e. The zero-order chi connectivity index (χ0) is 19.9. The Hall–Kier alpha value is -1.92. The van der Waals surface area contributed by atoms with Gasteiger partial charge in [-0.3, -0.25) is 4.79 Å². The van der Waals surface area contributed by atoms with Crippen molar-refractivity contribution in [2.45, 2.75) is 31.3 Å². The van der Waals surface area contributed by atoms with Crippen LogP contribution in [0, 0.1) is 6.92 Å². The third-order valence-corrected chi connectivity index (χ3v) is 7.60. The first-order chi connectivity index (χ1) is 13.6. The van der Waals surface area contributed by atoms with E-state index in [9.17, 15) is 9.59 Å². The maximum atomic E-state index is 12.3. The molecule has 2 aromatic carbocycles. The quantitative estimate of drug-likeness (QED) is 0.656. The number of amides is 1. The Bertz CT molecular complexity index is 830. The second kappa shape index (κ2) is 10.0. The predicted octanol–water partition coefficient (Wildman–Crippen LogP) is 5.22. The smallest absolute Gasteiger partial charge is 0.338 e. The van der Waals surface area contributed by atoms with Crippen LogP contribution >= 0.6 is 23.5 Å². The molecule has 1 aliphatic heterocycles. The van der Waals surface area contributed by atoms with Crippen molar-refractivity contribution in [2.75, 3.05) is 23.4 Å². The molecule has 4 nitrogen and oxygen atoms in total. The number of esters is 1. The van der Waals surface area contributed by atoms with Crippen LogP contribution in [0.4, 0.5) is 5.69 Å². The zero-order valence-electron chi connectivity index (χ0n) is 16.2. The van der Waals surface area contributed by atoms with Gasteiger partial charge in [-0.15, -0.1) is 23.5 Å². The molecular weight excluding hydrogens is 390 g/mol. The number of ether oxygens (including phenoxy) is 1. The van der Waals surface area contributed by atoms with Crippen LogP contribution in [0.5, 0.6) is 0 Å². The predicted molar refractivity (Wildman–Crippen MR) is 118 cm³/mol. The molecule has 0 atom stereocenters. The molecule has 2 aromatic rings. The number of carbonyl (C=O) groups is 2. The zero-order valence-corrected chi connectivity index (χ0v) is 17.8. The van der Waals surface area contributed by atoms with Crippen LogP contribution in [0.3, 0.4) is 0 Å². The van der Waals surface area contributed by atoms with Gasteiger partial charge in [-0.05, 0) is 60.1 Å². The molecule has 1 amide bonds. The van der Waals surface area contributed by atoms with E-state index in [2.05, 4.69) is 5.32 Å². The SMILES string of the molecule is CCc1cccc(C)c1NC(=O)COC(=O)c1ccc(C2SCCCS2)cc1. The minimum atomic E-state index is -0.480. The number of rotatable bonds is 6. The van der Waals surface area contributed by atoms with Crippen LogP contribution < -0.4 is 5.32 Å². The molecule has 148 valence electrons. The van der Waals surface area contributed by atoms with E-state index in [1.807, 2.05) is 67.7 Å². The van der Waals surface area contributed by atoms with Crippen molar-refractivity contribution >= 4 is 41.1 Å². The van der Waals surface area contributed by atoms with Gasteiger partial charge < -0.3 is 10.1 Å². The third-order valence-electron chi connectivity index (χ3n) is 4.58. The topological polar surface area (TPSA) is 55.4 Å². The number of para-hydroxylation sites is 1. The molecule has 1 saturated heterocycles. The minimum absolute atomic E-state index is 0.299. The van der Waals surface area contributed by atoms with Gasteiger partial charge in [-0.2, -0.15) is 0 Å². The number of aryl methyl sites for hydroxylation is 2. The summed E-state index contributed by atoms with van der Waals surface area (Å²) in [4.78, 5) is 24.5. The molecular formula is C22H25NO3S2. The summed E-state index contributed by atoms with van der Waals surface area (Å²) in [5.41, 5.74) is 4.54. The molecule has 0 bridgehead atoms. The van der Waals surface area contributed by atoms with Gasteiger partial charge in [-0.1, -0.05) is 37.3 Å². The summed E-state index contributed by atoms with van der Waals surface area (Å²) in [5, 5.41) is 2.87. The fraction of sp³-hybridized carbons (Fsp3) is 0.364. The van der Waals surface area contributed by atoms with Crippen molar-refractivity contribution < 1.29 is 14.3 Å². The number of hydrogen-bond donors (Lipinski definition) is 1. The molecule has 6 heteroatoms. The van der Waals surface area contributed by atoms with Gasteiger partial charge in [0.25, 0.3) is 5.91 Å². The molecule has 3 rings (SSSR count). The Morgan fingerprint density at radius 3 is 2.50 bits per heavy atom. The van der Waals surface area contributed by atoms with Gasteiger partial charge in [0.15, 0.2) is 6.61 Å². The van der Waals surface area contributed by atoms with Crippen LogP contribution in [0.15, 0.2) is 42.5 Å². The van der Waals surface area contributed by atoms with Crippen molar-refractivity contribution in [3.63, 3.8) is 0 Å². The second-order valence-electron chi connectivity index (χ2n) is 6.64. The third kappa shape index (κ3) is 5.32.